The van der Waals surface area contributed by atoms with Crippen molar-refractivity contribution in [2.75, 3.05) is 23.6 Å². The lowest BCUT2D eigenvalue weighted by Gasteiger charge is -2.22. The molecule has 1 aliphatic rings. The van der Waals surface area contributed by atoms with Crippen LogP contribution in [0.5, 0.6) is 11.5 Å². The SMILES string of the molecule is CCN(c1cccc(C)c1)c1cc(NCc2ccc3c(c2)OCO3)ncn1. The van der Waals surface area contributed by atoms with E-state index in [1.807, 2.05) is 24.3 Å². The molecule has 0 atom stereocenters. The molecule has 1 aromatic heterocycles. The van der Waals surface area contributed by atoms with Crippen molar-refractivity contribution in [1.29, 1.82) is 0 Å². The maximum atomic E-state index is 5.43. The lowest BCUT2D eigenvalue weighted by Crippen LogP contribution is -2.18. The predicted molar refractivity (Wildman–Crippen MR) is 106 cm³/mol. The van der Waals surface area contributed by atoms with Crippen LogP contribution in [-0.4, -0.2) is 23.3 Å². The van der Waals surface area contributed by atoms with Gasteiger partial charge in [-0.2, -0.15) is 0 Å². The van der Waals surface area contributed by atoms with Gasteiger partial charge in [0, 0.05) is 24.8 Å². The van der Waals surface area contributed by atoms with Crippen LogP contribution in [-0.2, 0) is 6.54 Å². The van der Waals surface area contributed by atoms with Gasteiger partial charge in [0.2, 0.25) is 6.79 Å². The van der Waals surface area contributed by atoms with Gasteiger partial charge in [0.25, 0.3) is 0 Å². The average molecular weight is 362 g/mol. The molecule has 2 heterocycles. The third kappa shape index (κ3) is 3.79. The maximum absolute atomic E-state index is 5.43. The summed E-state index contributed by atoms with van der Waals surface area (Å²) in [5, 5.41) is 3.36. The number of anilines is 3. The largest absolute Gasteiger partial charge is 0.454 e. The van der Waals surface area contributed by atoms with Gasteiger partial charge >= 0.3 is 0 Å². The van der Waals surface area contributed by atoms with E-state index in [1.54, 1.807) is 6.33 Å². The zero-order valence-electron chi connectivity index (χ0n) is 15.5. The van der Waals surface area contributed by atoms with Crippen molar-refractivity contribution < 1.29 is 9.47 Å². The van der Waals surface area contributed by atoms with E-state index in [9.17, 15) is 0 Å². The lowest BCUT2D eigenvalue weighted by molar-refractivity contribution is 0.174. The monoisotopic (exact) mass is 362 g/mol. The molecule has 4 rings (SSSR count). The summed E-state index contributed by atoms with van der Waals surface area (Å²) in [6.45, 7) is 5.96. The highest BCUT2D eigenvalue weighted by Gasteiger charge is 2.13. The topological polar surface area (TPSA) is 59.5 Å². The molecule has 0 spiro atoms. The van der Waals surface area contributed by atoms with Crippen molar-refractivity contribution in [2.24, 2.45) is 0 Å². The Labute approximate surface area is 158 Å². The van der Waals surface area contributed by atoms with Crippen molar-refractivity contribution in [3.05, 3.63) is 66.0 Å². The summed E-state index contributed by atoms with van der Waals surface area (Å²) in [5.41, 5.74) is 3.45. The molecule has 0 saturated carbocycles. The quantitative estimate of drug-likeness (QED) is 0.706. The highest BCUT2D eigenvalue weighted by atomic mass is 16.7. The minimum Gasteiger partial charge on any atom is -0.454 e. The number of fused-ring (bicyclic) bond motifs is 1. The van der Waals surface area contributed by atoms with Crippen LogP contribution < -0.4 is 19.7 Å². The van der Waals surface area contributed by atoms with Crippen LogP contribution >= 0.6 is 0 Å². The van der Waals surface area contributed by atoms with E-state index in [0.29, 0.717) is 6.54 Å². The maximum Gasteiger partial charge on any atom is 0.231 e. The lowest BCUT2D eigenvalue weighted by atomic mass is 10.2. The van der Waals surface area contributed by atoms with E-state index in [4.69, 9.17) is 9.47 Å². The fourth-order valence-electron chi connectivity index (χ4n) is 3.11. The molecule has 6 nitrogen and oxygen atoms in total. The zero-order valence-corrected chi connectivity index (χ0v) is 15.5. The summed E-state index contributed by atoms with van der Waals surface area (Å²) in [6.07, 6.45) is 1.59. The summed E-state index contributed by atoms with van der Waals surface area (Å²) in [7, 11) is 0. The first-order valence-electron chi connectivity index (χ1n) is 9.01. The Morgan fingerprint density at radius 2 is 1.93 bits per heavy atom. The Kier molecular flexibility index (Phi) is 4.78. The fourth-order valence-corrected chi connectivity index (χ4v) is 3.11. The Hall–Kier alpha value is -3.28. The molecule has 0 bridgehead atoms. The summed E-state index contributed by atoms with van der Waals surface area (Å²) >= 11 is 0. The van der Waals surface area contributed by atoms with Crippen LogP contribution in [0.3, 0.4) is 0 Å². The van der Waals surface area contributed by atoms with Gasteiger partial charge in [-0.3, -0.25) is 0 Å². The standard InChI is InChI=1S/C21H22N4O2/c1-3-25(17-6-4-5-15(2)9-17)21-11-20(23-13-24-21)22-12-16-7-8-18-19(10-16)27-14-26-18/h4-11,13H,3,12,14H2,1-2H3,(H,22,23,24). The van der Waals surface area contributed by atoms with Gasteiger partial charge in [-0.1, -0.05) is 18.2 Å². The third-order valence-electron chi connectivity index (χ3n) is 4.47. The molecule has 1 aliphatic heterocycles. The number of hydrogen-bond donors (Lipinski definition) is 1. The van der Waals surface area contributed by atoms with Gasteiger partial charge in [-0.05, 0) is 49.2 Å². The van der Waals surface area contributed by atoms with Crippen LogP contribution in [0.4, 0.5) is 17.3 Å². The van der Waals surface area contributed by atoms with Crippen LogP contribution in [0, 0.1) is 6.92 Å². The van der Waals surface area contributed by atoms with Crippen molar-refractivity contribution in [3.8, 4) is 11.5 Å². The second-order valence-corrected chi connectivity index (χ2v) is 6.39. The number of nitrogens with zero attached hydrogens (tertiary/aromatic N) is 3. The van der Waals surface area contributed by atoms with E-state index in [0.717, 1.165) is 40.9 Å². The fraction of sp³-hybridized carbons (Fsp3) is 0.238. The average Bonchev–Trinajstić information content (AvgIpc) is 3.15. The first kappa shape index (κ1) is 17.1. The highest BCUT2D eigenvalue weighted by Crippen LogP contribution is 2.32. The number of ether oxygens (including phenoxy) is 2. The van der Waals surface area contributed by atoms with E-state index in [-0.39, 0.29) is 6.79 Å². The smallest absolute Gasteiger partial charge is 0.231 e. The second kappa shape index (κ2) is 7.53. The molecule has 0 aliphatic carbocycles. The van der Waals surface area contributed by atoms with Gasteiger partial charge in [-0.15, -0.1) is 0 Å². The molecule has 0 amide bonds. The van der Waals surface area contributed by atoms with E-state index >= 15 is 0 Å². The first-order chi connectivity index (χ1) is 13.2. The molecule has 2 aromatic carbocycles. The predicted octanol–water partition coefficient (Wildman–Crippen LogP) is 4.28. The Morgan fingerprint density at radius 1 is 1.04 bits per heavy atom. The molecule has 0 fully saturated rings. The molecule has 138 valence electrons. The molecular weight excluding hydrogens is 340 g/mol. The van der Waals surface area contributed by atoms with Gasteiger partial charge < -0.3 is 19.7 Å². The van der Waals surface area contributed by atoms with Crippen molar-refractivity contribution in [1.82, 2.24) is 9.97 Å². The van der Waals surface area contributed by atoms with Gasteiger partial charge in [0.05, 0.1) is 0 Å². The Bertz CT molecular complexity index is 945. The summed E-state index contributed by atoms with van der Waals surface area (Å²) < 4.78 is 10.8. The molecule has 6 heteroatoms. The van der Waals surface area contributed by atoms with E-state index in [1.165, 1.54) is 5.56 Å². The molecule has 1 N–H and O–H groups in total. The Morgan fingerprint density at radius 3 is 2.78 bits per heavy atom. The summed E-state index contributed by atoms with van der Waals surface area (Å²) in [5.74, 6) is 3.23. The molecule has 0 radical (unpaired) electrons. The molecule has 27 heavy (non-hydrogen) atoms. The van der Waals surface area contributed by atoms with Crippen LogP contribution in [0.2, 0.25) is 0 Å². The first-order valence-corrected chi connectivity index (χ1v) is 9.01. The van der Waals surface area contributed by atoms with Gasteiger partial charge in [0.15, 0.2) is 11.5 Å². The van der Waals surface area contributed by atoms with Gasteiger partial charge in [-0.25, -0.2) is 9.97 Å². The number of hydrogen-bond acceptors (Lipinski definition) is 6. The van der Waals surface area contributed by atoms with Crippen LogP contribution in [0.1, 0.15) is 18.1 Å². The van der Waals surface area contributed by atoms with Crippen LogP contribution in [0.25, 0.3) is 0 Å². The van der Waals surface area contributed by atoms with Gasteiger partial charge in [0.1, 0.15) is 18.0 Å². The van der Waals surface area contributed by atoms with Crippen molar-refractivity contribution in [3.63, 3.8) is 0 Å². The number of aryl methyl sites for hydroxylation is 1. The molecule has 0 saturated heterocycles. The molecule has 3 aromatic rings. The number of rotatable bonds is 6. The second-order valence-electron chi connectivity index (χ2n) is 6.39. The number of nitrogens with one attached hydrogen (secondary N) is 1. The number of benzene rings is 2. The van der Waals surface area contributed by atoms with Crippen LogP contribution in [0.15, 0.2) is 54.9 Å². The summed E-state index contributed by atoms with van der Waals surface area (Å²) in [4.78, 5) is 11.0. The van der Waals surface area contributed by atoms with E-state index < -0.39 is 0 Å². The van der Waals surface area contributed by atoms with Crippen molar-refractivity contribution in [2.45, 2.75) is 20.4 Å². The minimum absolute atomic E-state index is 0.285. The Balaban J connectivity index is 1.50. The molecular formula is C21H22N4O2. The third-order valence-corrected chi connectivity index (χ3v) is 4.47. The number of aromatic nitrogens is 2. The normalized spacial score (nSPS) is 12.1. The minimum atomic E-state index is 0.285. The zero-order chi connectivity index (χ0) is 18.6. The highest BCUT2D eigenvalue weighted by molar-refractivity contribution is 5.62. The van der Waals surface area contributed by atoms with E-state index in [2.05, 4.69) is 58.3 Å². The molecule has 0 unspecified atom stereocenters. The van der Waals surface area contributed by atoms with Crippen molar-refractivity contribution >= 4 is 17.3 Å². The summed E-state index contributed by atoms with van der Waals surface area (Å²) in [6, 6.07) is 16.3.